The molecule has 0 fully saturated rings. The number of nitrogens with zero attached hydrogens (tertiary/aromatic N) is 1. The zero-order valence-corrected chi connectivity index (χ0v) is 18.9. The molecule has 0 atom stereocenters. The van der Waals surface area contributed by atoms with Gasteiger partial charge in [-0.1, -0.05) is 43.7 Å². The first kappa shape index (κ1) is 23.7. The van der Waals surface area contributed by atoms with Crippen LogP contribution in [-0.4, -0.2) is 24.7 Å². The lowest BCUT2D eigenvalue weighted by atomic mass is 10.1. The summed E-state index contributed by atoms with van der Waals surface area (Å²) in [5.41, 5.74) is 5.82. The van der Waals surface area contributed by atoms with Crippen molar-refractivity contribution in [2.75, 3.05) is 6.61 Å². The van der Waals surface area contributed by atoms with Crippen molar-refractivity contribution in [3.05, 3.63) is 95.1 Å². The first-order valence-corrected chi connectivity index (χ1v) is 11.0. The van der Waals surface area contributed by atoms with Crippen LogP contribution in [-0.2, 0) is 11.2 Å². The lowest BCUT2D eigenvalue weighted by molar-refractivity contribution is -0.123. The molecule has 6 heteroatoms. The van der Waals surface area contributed by atoms with E-state index in [0.717, 1.165) is 30.4 Å². The predicted octanol–water partition coefficient (Wildman–Crippen LogP) is 5.09. The van der Waals surface area contributed by atoms with Crippen LogP contribution in [0.15, 0.2) is 77.9 Å². The summed E-state index contributed by atoms with van der Waals surface area (Å²) in [4.78, 5) is 24.2. The average Bonchev–Trinajstić information content (AvgIpc) is 2.83. The van der Waals surface area contributed by atoms with Gasteiger partial charge in [-0.05, 0) is 78.9 Å². The number of carbonyl (C=O) groups is 2. The zero-order chi connectivity index (χ0) is 23.5. The third-order valence-corrected chi connectivity index (χ3v) is 4.97. The Hall–Kier alpha value is -3.93. The molecule has 1 amide bonds. The fourth-order valence-electron chi connectivity index (χ4n) is 3.08. The molecule has 0 heterocycles. The van der Waals surface area contributed by atoms with E-state index in [9.17, 15) is 9.59 Å². The Morgan fingerprint density at radius 3 is 2.33 bits per heavy atom. The summed E-state index contributed by atoms with van der Waals surface area (Å²) in [5.74, 6) is 0.311. The van der Waals surface area contributed by atoms with Crippen LogP contribution in [0.5, 0.6) is 11.5 Å². The maximum atomic E-state index is 12.3. The summed E-state index contributed by atoms with van der Waals surface area (Å²) in [6.07, 6.45) is 4.86. The van der Waals surface area contributed by atoms with Crippen molar-refractivity contribution in [1.29, 1.82) is 0 Å². The van der Waals surface area contributed by atoms with Crippen molar-refractivity contribution < 1.29 is 19.1 Å². The van der Waals surface area contributed by atoms with Gasteiger partial charge in [-0.2, -0.15) is 5.10 Å². The third kappa shape index (κ3) is 7.61. The van der Waals surface area contributed by atoms with E-state index in [0.29, 0.717) is 17.1 Å². The molecule has 33 heavy (non-hydrogen) atoms. The highest BCUT2D eigenvalue weighted by molar-refractivity contribution is 5.92. The Balaban J connectivity index is 1.43. The van der Waals surface area contributed by atoms with Crippen molar-refractivity contribution in [3.63, 3.8) is 0 Å². The second-order valence-electron chi connectivity index (χ2n) is 7.60. The number of aryl methyl sites for hydroxylation is 2. The summed E-state index contributed by atoms with van der Waals surface area (Å²) >= 11 is 0. The number of amides is 1. The van der Waals surface area contributed by atoms with Crippen LogP contribution < -0.4 is 14.9 Å². The Morgan fingerprint density at radius 2 is 1.64 bits per heavy atom. The maximum Gasteiger partial charge on any atom is 0.343 e. The van der Waals surface area contributed by atoms with Gasteiger partial charge in [0.05, 0.1) is 11.8 Å². The zero-order valence-electron chi connectivity index (χ0n) is 18.9. The number of benzene rings is 3. The Kier molecular flexibility index (Phi) is 8.77. The Morgan fingerprint density at radius 1 is 0.939 bits per heavy atom. The molecule has 0 saturated carbocycles. The molecular weight excluding hydrogens is 416 g/mol. The van der Waals surface area contributed by atoms with Crippen molar-refractivity contribution in [3.8, 4) is 11.5 Å². The number of unbranched alkanes of at least 4 members (excludes halogenated alkanes) is 1. The van der Waals surface area contributed by atoms with E-state index < -0.39 is 5.97 Å². The van der Waals surface area contributed by atoms with Crippen molar-refractivity contribution in [1.82, 2.24) is 5.43 Å². The minimum Gasteiger partial charge on any atom is -0.484 e. The van der Waals surface area contributed by atoms with E-state index in [2.05, 4.69) is 17.5 Å². The van der Waals surface area contributed by atoms with E-state index in [1.165, 1.54) is 11.8 Å². The van der Waals surface area contributed by atoms with Gasteiger partial charge >= 0.3 is 5.97 Å². The van der Waals surface area contributed by atoms with Gasteiger partial charge in [-0.25, -0.2) is 10.2 Å². The highest BCUT2D eigenvalue weighted by Crippen LogP contribution is 2.16. The normalized spacial score (nSPS) is 10.7. The van der Waals surface area contributed by atoms with Crippen LogP contribution in [0.3, 0.4) is 0 Å². The summed E-state index contributed by atoms with van der Waals surface area (Å²) in [6, 6.07) is 21.9. The van der Waals surface area contributed by atoms with E-state index in [-0.39, 0.29) is 12.5 Å². The van der Waals surface area contributed by atoms with Gasteiger partial charge in [0.2, 0.25) is 0 Å². The van der Waals surface area contributed by atoms with Crippen molar-refractivity contribution in [2.45, 2.75) is 33.1 Å². The van der Waals surface area contributed by atoms with Gasteiger partial charge in [0.1, 0.15) is 11.5 Å². The Bertz CT molecular complexity index is 1090. The molecule has 0 aromatic heterocycles. The topological polar surface area (TPSA) is 77.0 Å². The molecule has 0 spiro atoms. The largest absolute Gasteiger partial charge is 0.484 e. The average molecular weight is 445 g/mol. The molecule has 6 nitrogen and oxygen atoms in total. The highest BCUT2D eigenvalue weighted by atomic mass is 16.5. The second-order valence-corrected chi connectivity index (χ2v) is 7.60. The number of hydrogen-bond donors (Lipinski definition) is 1. The predicted molar refractivity (Wildman–Crippen MR) is 129 cm³/mol. The molecule has 1 N–H and O–H groups in total. The molecule has 0 bridgehead atoms. The van der Waals surface area contributed by atoms with Crippen LogP contribution in [0, 0.1) is 6.92 Å². The molecule has 3 rings (SSSR count). The quantitative estimate of drug-likeness (QED) is 0.205. The van der Waals surface area contributed by atoms with Crippen molar-refractivity contribution in [2.24, 2.45) is 5.10 Å². The maximum absolute atomic E-state index is 12.3. The van der Waals surface area contributed by atoms with E-state index in [1.54, 1.807) is 36.4 Å². The van der Waals surface area contributed by atoms with E-state index >= 15 is 0 Å². The first-order valence-electron chi connectivity index (χ1n) is 11.0. The number of ether oxygens (including phenoxy) is 2. The number of rotatable bonds is 10. The van der Waals surface area contributed by atoms with Gasteiger partial charge in [0.25, 0.3) is 5.91 Å². The van der Waals surface area contributed by atoms with E-state index in [4.69, 9.17) is 9.47 Å². The van der Waals surface area contributed by atoms with Crippen LogP contribution in [0.1, 0.15) is 46.8 Å². The number of esters is 1. The summed E-state index contributed by atoms with van der Waals surface area (Å²) < 4.78 is 10.9. The molecule has 0 saturated heterocycles. The van der Waals surface area contributed by atoms with Gasteiger partial charge in [-0.15, -0.1) is 0 Å². The summed E-state index contributed by atoms with van der Waals surface area (Å²) in [6.45, 7) is 3.90. The monoisotopic (exact) mass is 444 g/mol. The number of hydrazone groups is 1. The number of nitrogens with one attached hydrogen (secondary N) is 1. The van der Waals surface area contributed by atoms with Gasteiger partial charge in [-0.3, -0.25) is 4.79 Å². The molecule has 3 aromatic carbocycles. The van der Waals surface area contributed by atoms with Crippen LogP contribution in [0.4, 0.5) is 0 Å². The van der Waals surface area contributed by atoms with Crippen LogP contribution in [0.2, 0.25) is 0 Å². The van der Waals surface area contributed by atoms with Crippen molar-refractivity contribution >= 4 is 18.1 Å². The lowest BCUT2D eigenvalue weighted by Crippen LogP contribution is -2.24. The molecule has 3 aromatic rings. The minimum absolute atomic E-state index is 0.126. The molecule has 170 valence electrons. The SMILES string of the molecule is CCCCc1ccc(OCC(=O)NN=Cc2ccc(OC(=O)c3ccccc3C)cc2)cc1. The highest BCUT2D eigenvalue weighted by Gasteiger charge is 2.10. The molecule has 0 aliphatic carbocycles. The molecule has 0 radical (unpaired) electrons. The number of hydrogen-bond acceptors (Lipinski definition) is 5. The molecule has 0 unspecified atom stereocenters. The summed E-state index contributed by atoms with van der Waals surface area (Å²) in [7, 11) is 0. The lowest BCUT2D eigenvalue weighted by Gasteiger charge is -2.07. The molecule has 0 aliphatic heterocycles. The Labute approximate surface area is 194 Å². The van der Waals surface area contributed by atoms with Gasteiger partial charge in [0, 0.05) is 0 Å². The summed E-state index contributed by atoms with van der Waals surface area (Å²) in [5, 5.41) is 3.94. The standard InChI is InChI=1S/C27H28N2O4/c1-3-4-8-21-10-14-23(15-11-21)32-19-26(30)29-28-18-22-12-16-24(17-13-22)33-27(31)25-9-6-5-7-20(25)2/h5-7,9-18H,3-4,8,19H2,1-2H3,(H,29,30). The number of carbonyl (C=O) groups excluding carboxylic acids is 2. The van der Waals surface area contributed by atoms with Gasteiger partial charge in [0.15, 0.2) is 6.61 Å². The van der Waals surface area contributed by atoms with Crippen LogP contribution in [0.25, 0.3) is 0 Å². The molecule has 0 aliphatic rings. The fraction of sp³-hybridized carbons (Fsp3) is 0.222. The van der Waals surface area contributed by atoms with E-state index in [1.807, 2.05) is 43.3 Å². The third-order valence-electron chi connectivity index (χ3n) is 4.97. The molecular formula is C27H28N2O4. The second kappa shape index (κ2) is 12.2. The smallest absolute Gasteiger partial charge is 0.343 e. The van der Waals surface area contributed by atoms with Gasteiger partial charge < -0.3 is 9.47 Å². The minimum atomic E-state index is -0.405. The first-order chi connectivity index (χ1) is 16.0. The van der Waals surface area contributed by atoms with Crippen LogP contribution >= 0.6 is 0 Å². The fourth-order valence-corrected chi connectivity index (χ4v) is 3.08.